The number of anilines is 1. The van der Waals surface area contributed by atoms with Crippen molar-refractivity contribution >= 4 is 11.8 Å². The average molecular weight is 277 g/mol. The number of nitrogens with zero attached hydrogens (tertiary/aromatic N) is 2. The van der Waals surface area contributed by atoms with Crippen LogP contribution in [0.2, 0.25) is 0 Å². The minimum atomic E-state index is -4.56. The van der Waals surface area contributed by atoms with Crippen molar-refractivity contribution in [1.82, 2.24) is 10.2 Å². The van der Waals surface area contributed by atoms with Gasteiger partial charge in [0, 0.05) is 0 Å². The van der Waals surface area contributed by atoms with E-state index in [1.807, 2.05) is 0 Å². The number of halogens is 3. The monoisotopic (exact) mass is 277 g/mol. The maximum atomic E-state index is 12.3. The molecule has 1 rings (SSSR count). The molecule has 0 bridgehead atoms. The van der Waals surface area contributed by atoms with Gasteiger partial charge in [0.1, 0.15) is 11.4 Å². The zero-order chi connectivity index (χ0) is 14.7. The fraction of sp³-hybridized carbons (Fsp3) is 0.545. The normalized spacial score (nSPS) is 14.8. The van der Waals surface area contributed by atoms with Gasteiger partial charge in [-0.05, 0) is 25.5 Å². The summed E-state index contributed by atoms with van der Waals surface area (Å²) in [5.74, 6) is -1.11. The van der Waals surface area contributed by atoms with E-state index >= 15 is 0 Å². The molecule has 0 aromatic carbocycles. The molecule has 1 atom stereocenters. The smallest absolute Gasteiger partial charge is 0.435 e. The van der Waals surface area contributed by atoms with Crippen molar-refractivity contribution in [3.05, 3.63) is 17.8 Å². The van der Waals surface area contributed by atoms with E-state index in [4.69, 9.17) is 5.11 Å². The second-order valence-corrected chi connectivity index (χ2v) is 4.31. The van der Waals surface area contributed by atoms with E-state index < -0.39 is 23.4 Å². The van der Waals surface area contributed by atoms with Crippen LogP contribution < -0.4 is 5.32 Å². The van der Waals surface area contributed by atoms with Crippen LogP contribution in [-0.2, 0) is 11.0 Å². The Bertz CT molecular complexity index is 447. The first-order valence-electron chi connectivity index (χ1n) is 5.61. The van der Waals surface area contributed by atoms with E-state index in [-0.39, 0.29) is 5.82 Å². The van der Waals surface area contributed by atoms with Gasteiger partial charge in [0.2, 0.25) is 0 Å². The lowest BCUT2D eigenvalue weighted by molar-refractivity contribution is -0.143. The van der Waals surface area contributed by atoms with Gasteiger partial charge in [-0.2, -0.15) is 13.2 Å². The highest BCUT2D eigenvalue weighted by Crippen LogP contribution is 2.27. The van der Waals surface area contributed by atoms with Crippen LogP contribution in [0.25, 0.3) is 0 Å². The van der Waals surface area contributed by atoms with E-state index in [9.17, 15) is 18.0 Å². The highest BCUT2D eigenvalue weighted by Gasteiger charge is 2.35. The maximum Gasteiger partial charge on any atom is 0.435 e. The molecule has 0 radical (unpaired) electrons. The molecule has 5 nitrogen and oxygen atoms in total. The summed E-state index contributed by atoms with van der Waals surface area (Å²) in [6.45, 7) is 3.25. The van der Waals surface area contributed by atoms with Crippen molar-refractivity contribution < 1.29 is 23.1 Å². The van der Waals surface area contributed by atoms with Crippen LogP contribution in [0.1, 0.15) is 32.4 Å². The molecule has 0 spiro atoms. The molecule has 0 saturated carbocycles. The Balaban J connectivity index is 2.90. The van der Waals surface area contributed by atoms with Crippen LogP contribution in [-0.4, -0.2) is 26.8 Å². The predicted molar refractivity (Wildman–Crippen MR) is 61.6 cm³/mol. The molecule has 0 aliphatic heterocycles. The Morgan fingerprint density at radius 1 is 1.37 bits per heavy atom. The van der Waals surface area contributed by atoms with Crippen LogP contribution in [0.5, 0.6) is 0 Å². The Hall–Kier alpha value is -1.86. The second kappa shape index (κ2) is 5.41. The van der Waals surface area contributed by atoms with Gasteiger partial charge < -0.3 is 10.4 Å². The van der Waals surface area contributed by atoms with Gasteiger partial charge in [-0.25, -0.2) is 4.79 Å². The SMILES string of the molecule is CCCC(C)(Nc1ccc(C(F)(F)F)nn1)C(=O)O. The summed E-state index contributed by atoms with van der Waals surface area (Å²) in [5, 5.41) is 18.1. The minimum Gasteiger partial charge on any atom is -0.480 e. The molecule has 0 aliphatic rings. The molecule has 2 N–H and O–H groups in total. The highest BCUT2D eigenvalue weighted by atomic mass is 19.4. The zero-order valence-electron chi connectivity index (χ0n) is 10.5. The number of carboxylic acids is 1. The average Bonchev–Trinajstić information content (AvgIpc) is 2.28. The van der Waals surface area contributed by atoms with Crippen LogP contribution in [0.15, 0.2) is 12.1 Å². The molecule has 19 heavy (non-hydrogen) atoms. The summed E-state index contributed by atoms with van der Waals surface area (Å²) in [4.78, 5) is 11.2. The molecule has 1 heterocycles. The first-order valence-corrected chi connectivity index (χ1v) is 5.61. The van der Waals surface area contributed by atoms with Gasteiger partial charge in [0.25, 0.3) is 0 Å². The number of hydrogen-bond acceptors (Lipinski definition) is 4. The number of rotatable bonds is 5. The van der Waals surface area contributed by atoms with Gasteiger partial charge >= 0.3 is 12.1 Å². The first kappa shape index (κ1) is 15.2. The molecular formula is C11H14F3N3O2. The summed E-state index contributed by atoms with van der Waals surface area (Å²) < 4.78 is 36.9. The first-order chi connectivity index (χ1) is 8.69. The third-order valence-corrected chi connectivity index (χ3v) is 2.58. The maximum absolute atomic E-state index is 12.3. The number of carboxylic acid groups (broad SMARTS) is 1. The molecule has 0 amide bonds. The number of hydrogen-bond donors (Lipinski definition) is 2. The third-order valence-electron chi connectivity index (χ3n) is 2.58. The summed E-state index contributed by atoms with van der Waals surface area (Å²) in [6, 6.07) is 1.82. The van der Waals surface area contributed by atoms with Crippen molar-refractivity contribution in [2.24, 2.45) is 0 Å². The molecule has 1 aromatic rings. The van der Waals surface area contributed by atoms with Crippen molar-refractivity contribution in [2.75, 3.05) is 5.32 Å². The van der Waals surface area contributed by atoms with E-state index in [0.717, 1.165) is 12.1 Å². The van der Waals surface area contributed by atoms with Crippen molar-refractivity contribution in [1.29, 1.82) is 0 Å². The summed E-state index contributed by atoms with van der Waals surface area (Å²) in [6.07, 6.45) is -3.65. The number of aliphatic carboxylic acids is 1. The zero-order valence-corrected chi connectivity index (χ0v) is 10.5. The molecule has 1 unspecified atom stereocenters. The van der Waals surface area contributed by atoms with Gasteiger partial charge in [-0.15, -0.1) is 10.2 Å². The second-order valence-electron chi connectivity index (χ2n) is 4.31. The molecule has 0 fully saturated rings. The van der Waals surface area contributed by atoms with Crippen LogP contribution >= 0.6 is 0 Å². The number of aromatic nitrogens is 2. The van der Waals surface area contributed by atoms with Gasteiger partial charge in [-0.3, -0.25) is 0 Å². The molecule has 106 valence electrons. The molecular weight excluding hydrogens is 263 g/mol. The summed E-state index contributed by atoms with van der Waals surface area (Å²) >= 11 is 0. The lowest BCUT2D eigenvalue weighted by Crippen LogP contribution is -2.43. The largest absolute Gasteiger partial charge is 0.480 e. The topological polar surface area (TPSA) is 75.1 Å². The van der Waals surface area contributed by atoms with E-state index in [2.05, 4.69) is 15.5 Å². The van der Waals surface area contributed by atoms with E-state index in [0.29, 0.717) is 12.8 Å². The van der Waals surface area contributed by atoms with Crippen molar-refractivity contribution in [2.45, 2.75) is 38.4 Å². The van der Waals surface area contributed by atoms with Gasteiger partial charge in [-0.1, -0.05) is 13.3 Å². The fourth-order valence-corrected chi connectivity index (χ4v) is 1.56. The Morgan fingerprint density at radius 2 is 2.00 bits per heavy atom. The predicted octanol–water partition coefficient (Wildman–Crippen LogP) is 2.55. The minimum absolute atomic E-state index is 0.00801. The number of nitrogens with one attached hydrogen (secondary N) is 1. The van der Waals surface area contributed by atoms with E-state index in [1.165, 1.54) is 6.92 Å². The Labute approximate surface area is 107 Å². The number of alkyl halides is 3. The quantitative estimate of drug-likeness (QED) is 0.865. The Kier molecular flexibility index (Phi) is 4.33. The third kappa shape index (κ3) is 3.80. The van der Waals surface area contributed by atoms with E-state index in [1.54, 1.807) is 6.92 Å². The summed E-state index contributed by atoms with van der Waals surface area (Å²) in [7, 11) is 0. The summed E-state index contributed by atoms with van der Waals surface area (Å²) in [5.41, 5.74) is -2.41. The Morgan fingerprint density at radius 3 is 2.37 bits per heavy atom. The lowest BCUT2D eigenvalue weighted by Gasteiger charge is -2.26. The van der Waals surface area contributed by atoms with Gasteiger partial charge in [0.05, 0.1) is 0 Å². The standard InChI is InChI=1S/C11H14F3N3O2/c1-3-6-10(2,9(18)19)15-8-5-4-7(16-17-8)11(12,13)14/h4-5H,3,6H2,1-2H3,(H,15,17)(H,18,19). The van der Waals surface area contributed by atoms with Gasteiger partial charge in [0.15, 0.2) is 5.69 Å². The van der Waals surface area contributed by atoms with Crippen molar-refractivity contribution in [3.8, 4) is 0 Å². The number of carbonyl (C=O) groups is 1. The van der Waals surface area contributed by atoms with Crippen LogP contribution in [0, 0.1) is 0 Å². The molecule has 1 aromatic heterocycles. The molecule has 0 saturated heterocycles. The molecule has 8 heteroatoms. The lowest BCUT2D eigenvalue weighted by atomic mass is 9.96. The highest BCUT2D eigenvalue weighted by molar-refractivity contribution is 5.81. The molecule has 0 aliphatic carbocycles. The van der Waals surface area contributed by atoms with Crippen molar-refractivity contribution in [3.63, 3.8) is 0 Å². The van der Waals surface area contributed by atoms with Crippen LogP contribution in [0.4, 0.5) is 19.0 Å². The fourth-order valence-electron chi connectivity index (χ4n) is 1.56. The van der Waals surface area contributed by atoms with Crippen LogP contribution in [0.3, 0.4) is 0 Å².